The number of hydrogen-bond donors (Lipinski definition) is 4. The molecule has 0 aromatic heterocycles. The van der Waals surface area contributed by atoms with E-state index in [-0.39, 0.29) is 18.7 Å². The van der Waals surface area contributed by atoms with Gasteiger partial charge in [0, 0.05) is 0 Å². The number of unbranched alkanes of at least 4 members (excludes halogenated alkanes) is 12. The lowest BCUT2D eigenvalue weighted by Gasteiger charge is -2.04. The van der Waals surface area contributed by atoms with Gasteiger partial charge in [0.1, 0.15) is 0 Å². The zero-order valence-corrected chi connectivity index (χ0v) is 16.8. The van der Waals surface area contributed by atoms with Crippen LogP contribution in [0, 0.1) is 5.92 Å². The first kappa shape index (κ1) is 29.4. The molecule has 1 atom stereocenters. The summed E-state index contributed by atoms with van der Waals surface area (Å²) >= 11 is 0. The second-order valence-corrected chi connectivity index (χ2v) is 6.65. The Morgan fingerprint density at radius 1 is 0.769 bits per heavy atom. The monoisotopic (exact) mass is 374 g/mol. The lowest BCUT2D eigenvalue weighted by atomic mass is 10.0. The zero-order chi connectivity index (χ0) is 18.0. The summed E-state index contributed by atoms with van der Waals surface area (Å²) in [5.74, 6) is -3.04. The Kier molecular flexibility index (Phi) is 24.4. The molecule has 26 heavy (non-hydrogen) atoms. The molecule has 0 aromatic rings. The Bertz CT molecular complexity index is 360. The van der Waals surface area contributed by atoms with Gasteiger partial charge in [-0.15, -0.1) is 0 Å². The lowest BCUT2D eigenvalue weighted by molar-refractivity contribution is -0.146. The third kappa shape index (κ3) is 20.6. The fourth-order valence-electron chi connectivity index (χ4n) is 2.79. The molecule has 1 unspecified atom stereocenters. The maximum Gasteiger partial charge on any atom is 0.310 e. The maximum absolute atomic E-state index is 10.9. The molecular formula is C20H42N2O4. The van der Waals surface area contributed by atoms with Crippen LogP contribution < -0.4 is 12.3 Å². The topological polar surface area (TPSA) is 145 Å². The van der Waals surface area contributed by atoms with Gasteiger partial charge in [-0.25, -0.2) is 0 Å². The highest BCUT2D eigenvalue weighted by Crippen LogP contribution is 2.13. The minimum atomic E-state index is -1.07. The van der Waals surface area contributed by atoms with E-state index in [9.17, 15) is 9.59 Å². The van der Waals surface area contributed by atoms with Gasteiger partial charge in [0.25, 0.3) is 0 Å². The van der Waals surface area contributed by atoms with E-state index in [1.54, 1.807) is 0 Å². The Balaban J connectivity index is -0.00000264. The van der Waals surface area contributed by atoms with E-state index in [1.807, 2.05) is 6.08 Å². The summed E-state index contributed by atoms with van der Waals surface area (Å²) in [5.41, 5.74) is 0. The summed E-state index contributed by atoms with van der Waals surface area (Å²) in [7, 11) is 0. The van der Waals surface area contributed by atoms with Crippen molar-refractivity contribution in [1.29, 1.82) is 0 Å². The molecule has 0 heterocycles. The number of carboxylic acid groups (broad SMARTS) is 2. The van der Waals surface area contributed by atoms with Gasteiger partial charge in [-0.3, -0.25) is 9.59 Å². The van der Waals surface area contributed by atoms with Crippen molar-refractivity contribution in [2.45, 2.75) is 96.8 Å². The molecule has 0 saturated carbocycles. The highest BCUT2D eigenvalue weighted by Gasteiger charge is 2.17. The number of allylic oxidation sites excluding steroid dienone is 1. The van der Waals surface area contributed by atoms with E-state index in [0.29, 0.717) is 0 Å². The average molecular weight is 375 g/mol. The summed E-state index contributed by atoms with van der Waals surface area (Å²) in [6.45, 7) is 2.25. The zero-order valence-electron chi connectivity index (χ0n) is 16.8. The van der Waals surface area contributed by atoms with Gasteiger partial charge in [0.15, 0.2) is 0 Å². The summed E-state index contributed by atoms with van der Waals surface area (Å²) in [5, 5.41) is 17.6. The number of rotatable bonds is 17. The van der Waals surface area contributed by atoms with Crippen molar-refractivity contribution in [2.24, 2.45) is 5.92 Å². The third-order valence-corrected chi connectivity index (χ3v) is 4.30. The second-order valence-electron chi connectivity index (χ2n) is 6.65. The minimum Gasteiger partial charge on any atom is -0.481 e. The minimum absolute atomic E-state index is 0. The van der Waals surface area contributed by atoms with Crippen LogP contribution in [0.25, 0.3) is 0 Å². The fraction of sp³-hybridized carbons (Fsp3) is 0.800. The van der Waals surface area contributed by atoms with Crippen LogP contribution in [0.15, 0.2) is 12.2 Å². The molecule has 0 spiro atoms. The molecule has 156 valence electrons. The van der Waals surface area contributed by atoms with Crippen molar-refractivity contribution < 1.29 is 19.8 Å². The van der Waals surface area contributed by atoms with Gasteiger partial charge in [-0.1, -0.05) is 89.7 Å². The van der Waals surface area contributed by atoms with Crippen molar-refractivity contribution in [3.05, 3.63) is 12.2 Å². The van der Waals surface area contributed by atoms with E-state index < -0.39 is 17.9 Å². The Morgan fingerprint density at radius 3 is 1.58 bits per heavy atom. The van der Waals surface area contributed by atoms with Gasteiger partial charge in [-0.2, -0.15) is 0 Å². The molecule has 0 aliphatic carbocycles. The molecular weight excluding hydrogens is 332 g/mol. The molecule has 0 amide bonds. The Labute approximate surface area is 159 Å². The first-order chi connectivity index (χ1) is 11.6. The Hall–Kier alpha value is -1.40. The molecule has 0 rings (SSSR count). The number of carboxylic acids is 2. The molecule has 0 aliphatic heterocycles. The summed E-state index contributed by atoms with van der Waals surface area (Å²) < 4.78 is 0. The van der Waals surface area contributed by atoms with Gasteiger partial charge in [0.2, 0.25) is 0 Å². The molecule has 6 heteroatoms. The van der Waals surface area contributed by atoms with Crippen LogP contribution in [-0.2, 0) is 9.59 Å². The largest absolute Gasteiger partial charge is 0.481 e. The molecule has 0 aliphatic rings. The van der Waals surface area contributed by atoms with E-state index >= 15 is 0 Å². The number of carbonyl (C=O) groups is 2. The van der Waals surface area contributed by atoms with Crippen LogP contribution in [0.4, 0.5) is 0 Å². The SMILES string of the molecule is CCCCCCCCCCCCCCC=CC(CC(=O)O)C(=O)O.N.N. The van der Waals surface area contributed by atoms with Crippen LogP contribution >= 0.6 is 0 Å². The van der Waals surface area contributed by atoms with E-state index in [2.05, 4.69) is 6.92 Å². The molecule has 0 bridgehead atoms. The van der Waals surface area contributed by atoms with E-state index in [4.69, 9.17) is 10.2 Å². The smallest absolute Gasteiger partial charge is 0.310 e. The van der Waals surface area contributed by atoms with Gasteiger partial charge < -0.3 is 22.5 Å². The van der Waals surface area contributed by atoms with Crippen LogP contribution in [-0.4, -0.2) is 22.2 Å². The first-order valence-corrected chi connectivity index (χ1v) is 9.69. The number of hydrogen-bond acceptors (Lipinski definition) is 4. The van der Waals surface area contributed by atoms with Gasteiger partial charge >= 0.3 is 11.9 Å². The average Bonchev–Trinajstić information content (AvgIpc) is 2.53. The van der Waals surface area contributed by atoms with Crippen LogP contribution in [0.1, 0.15) is 96.8 Å². The highest BCUT2D eigenvalue weighted by molar-refractivity contribution is 5.79. The molecule has 6 nitrogen and oxygen atoms in total. The summed E-state index contributed by atoms with van der Waals surface area (Å²) in [6.07, 6.45) is 19.4. The molecule has 8 N–H and O–H groups in total. The summed E-state index contributed by atoms with van der Waals surface area (Å²) in [6, 6.07) is 0. The number of aliphatic carboxylic acids is 2. The van der Waals surface area contributed by atoms with E-state index in [1.165, 1.54) is 70.3 Å². The van der Waals surface area contributed by atoms with Gasteiger partial charge in [-0.05, 0) is 12.8 Å². The van der Waals surface area contributed by atoms with Crippen LogP contribution in [0.3, 0.4) is 0 Å². The van der Waals surface area contributed by atoms with Crippen molar-refractivity contribution in [3.63, 3.8) is 0 Å². The lowest BCUT2D eigenvalue weighted by Crippen LogP contribution is -2.15. The highest BCUT2D eigenvalue weighted by atomic mass is 16.4. The Morgan fingerprint density at radius 2 is 1.19 bits per heavy atom. The second kappa shape index (κ2) is 21.6. The van der Waals surface area contributed by atoms with Crippen molar-refractivity contribution >= 4 is 11.9 Å². The predicted octanol–water partition coefficient (Wildman–Crippen LogP) is 6.13. The standard InChI is InChI=1S/C20H36O4.2H3N/c1-2-3-4-5-6-7-8-9-10-11-12-13-14-15-16-18(20(23)24)17-19(21)22;;/h15-16,18H,2-14,17H2,1H3,(H,21,22)(H,23,24);2*1H3. The maximum atomic E-state index is 10.9. The van der Waals surface area contributed by atoms with Crippen molar-refractivity contribution in [1.82, 2.24) is 12.3 Å². The molecule has 0 saturated heterocycles. The van der Waals surface area contributed by atoms with Crippen molar-refractivity contribution in [3.8, 4) is 0 Å². The van der Waals surface area contributed by atoms with Crippen LogP contribution in [0.2, 0.25) is 0 Å². The quantitative estimate of drug-likeness (QED) is 0.178. The van der Waals surface area contributed by atoms with E-state index in [0.717, 1.165) is 19.3 Å². The fourth-order valence-corrected chi connectivity index (χ4v) is 2.79. The van der Waals surface area contributed by atoms with Crippen LogP contribution in [0.5, 0.6) is 0 Å². The van der Waals surface area contributed by atoms with Crippen molar-refractivity contribution in [2.75, 3.05) is 0 Å². The normalized spacial score (nSPS) is 11.6. The summed E-state index contributed by atoms with van der Waals surface area (Å²) in [4.78, 5) is 21.5. The first-order valence-electron chi connectivity index (χ1n) is 9.69. The predicted molar refractivity (Wildman–Crippen MR) is 108 cm³/mol. The van der Waals surface area contributed by atoms with Gasteiger partial charge in [0.05, 0.1) is 12.3 Å². The molecule has 0 aromatic carbocycles. The third-order valence-electron chi connectivity index (χ3n) is 4.30. The molecule has 0 fully saturated rings. The molecule has 0 radical (unpaired) electrons.